The van der Waals surface area contributed by atoms with Crippen molar-refractivity contribution in [1.82, 2.24) is 5.32 Å². The summed E-state index contributed by atoms with van der Waals surface area (Å²) in [5.74, 6) is -0.00411. The molecule has 1 aromatic rings. The number of nitrogens with one attached hydrogen (secondary N) is 2. The fourth-order valence-electron chi connectivity index (χ4n) is 3.46. The van der Waals surface area contributed by atoms with Gasteiger partial charge in [0.15, 0.2) is 0 Å². The van der Waals surface area contributed by atoms with Crippen LogP contribution in [0, 0.1) is 0 Å². The molecule has 0 radical (unpaired) electrons. The van der Waals surface area contributed by atoms with Crippen LogP contribution in [0.1, 0.15) is 62.6 Å². The molecule has 0 saturated heterocycles. The molecule has 0 bridgehead atoms. The molecule has 2 N–H and O–H groups in total. The van der Waals surface area contributed by atoms with Gasteiger partial charge in [0.05, 0.1) is 12.1 Å². The van der Waals surface area contributed by atoms with Gasteiger partial charge in [0.1, 0.15) is 6.61 Å². The van der Waals surface area contributed by atoms with Crippen LogP contribution in [0.2, 0.25) is 0 Å². The van der Waals surface area contributed by atoms with E-state index in [1.807, 2.05) is 19.1 Å². The average Bonchev–Trinajstić information content (AvgIpc) is 2.60. The van der Waals surface area contributed by atoms with E-state index in [1.165, 1.54) is 19.3 Å². The number of hydrogen-bond acceptors (Lipinski definition) is 3. The number of benzene rings is 1. The highest BCUT2D eigenvalue weighted by Crippen LogP contribution is 2.26. The Morgan fingerprint density at radius 1 is 1.29 bits per heavy atom. The normalized spacial score (nSPS) is 19.3. The van der Waals surface area contributed by atoms with E-state index in [0.29, 0.717) is 6.42 Å². The quantitative estimate of drug-likeness (QED) is 0.872. The van der Waals surface area contributed by atoms with E-state index >= 15 is 0 Å². The molecule has 1 aliphatic heterocycles. The van der Waals surface area contributed by atoms with Crippen LogP contribution in [0.4, 0.5) is 5.69 Å². The second kappa shape index (κ2) is 7.79. The first-order valence-electron chi connectivity index (χ1n) is 8.95. The third-order valence-corrected chi connectivity index (χ3v) is 4.90. The van der Waals surface area contributed by atoms with Gasteiger partial charge in [-0.2, -0.15) is 0 Å². The van der Waals surface area contributed by atoms with E-state index < -0.39 is 0 Å². The summed E-state index contributed by atoms with van der Waals surface area (Å²) in [7, 11) is 0. The minimum atomic E-state index is -0.0737. The summed E-state index contributed by atoms with van der Waals surface area (Å²) in [5, 5.41) is 5.88. The van der Waals surface area contributed by atoms with Crippen molar-refractivity contribution in [1.29, 1.82) is 0 Å². The third-order valence-electron chi connectivity index (χ3n) is 4.90. The molecule has 1 heterocycles. The van der Waals surface area contributed by atoms with Crippen molar-refractivity contribution in [2.45, 2.75) is 64.0 Å². The van der Waals surface area contributed by atoms with Crippen LogP contribution in [0.25, 0.3) is 0 Å². The first kappa shape index (κ1) is 17.0. The molecule has 1 fully saturated rings. The zero-order chi connectivity index (χ0) is 16.9. The molecule has 1 aromatic carbocycles. The van der Waals surface area contributed by atoms with Crippen LogP contribution < -0.4 is 10.6 Å². The summed E-state index contributed by atoms with van der Waals surface area (Å²) in [5.41, 5.74) is 3.07. The highest BCUT2D eigenvalue weighted by Gasteiger charge is 2.18. The molecular weight excluding hydrogens is 304 g/mol. The average molecular weight is 330 g/mol. The van der Waals surface area contributed by atoms with Crippen molar-refractivity contribution in [3.05, 3.63) is 29.3 Å². The van der Waals surface area contributed by atoms with Gasteiger partial charge in [-0.05, 0) is 43.4 Å². The Morgan fingerprint density at radius 3 is 2.88 bits per heavy atom. The zero-order valence-electron chi connectivity index (χ0n) is 14.3. The molecule has 1 saturated carbocycles. The predicted molar refractivity (Wildman–Crippen MR) is 92.8 cm³/mol. The van der Waals surface area contributed by atoms with E-state index in [4.69, 9.17) is 4.74 Å². The number of hydrogen-bond donors (Lipinski definition) is 2. The van der Waals surface area contributed by atoms with Gasteiger partial charge in [-0.1, -0.05) is 31.4 Å². The van der Waals surface area contributed by atoms with Gasteiger partial charge in [-0.25, -0.2) is 0 Å². The number of anilines is 1. The van der Waals surface area contributed by atoms with Gasteiger partial charge in [0.25, 0.3) is 0 Å². The molecule has 1 unspecified atom stereocenters. The molecule has 2 aliphatic rings. The molecule has 5 heteroatoms. The number of amides is 2. The van der Waals surface area contributed by atoms with Crippen LogP contribution >= 0.6 is 0 Å². The minimum absolute atomic E-state index is 0.0662. The highest BCUT2D eigenvalue weighted by atomic mass is 16.5. The Balaban J connectivity index is 1.51. The lowest BCUT2D eigenvalue weighted by Gasteiger charge is -2.23. The van der Waals surface area contributed by atoms with Crippen molar-refractivity contribution < 1.29 is 14.3 Å². The first-order chi connectivity index (χ1) is 11.6. The largest absolute Gasteiger partial charge is 0.368 e. The standard InChI is InChI=1S/C19H26N2O3/c1-13(20-19(23)12-24-16-5-3-2-4-6-16)14-7-9-17-15(11-14)8-10-18(22)21-17/h7,9,11,13,16H,2-6,8,10,12H2,1H3,(H,20,23)(H,21,22). The van der Waals surface area contributed by atoms with Crippen molar-refractivity contribution in [2.24, 2.45) is 0 Å². The number of aryl methyl sites for hydroxylation is 1. The maximum Gasteiger partial charge on any atom is 0.246 e. The lowest BCUT2D eigenvalue weighted by Crippen LogP contribution is -2.32. The number of fused-ring (bicyclic) bond motifs is 1. The lowest BCUT2D eigenvalue weighted by atomic mass is 9.97. The van der Waals surface area contributed by atoms with Gasteiger partial charge >= 0.3 is 0 Å². The van der Waals surface area contributed by atoms with Gasteiger partial charge in [0, 0.05) is 12.1 Å². The zero-order valence-corrected chi connectivity index (χ0v) is 14.3. The molecular formula is C19H26N2O3. The number of ether oxygens (including phenoxy) is 1. The van der Waals surface area contributed by atoms with Crippen LogP contribution in [-0.2, 0) is 20.7 Å². The fraction of sp³-hybridized carbons (Fsp3) is 0.579. The lowest BCUT2D eigenvalue weighted by molar-refractivity contribution is -0.129. The van der Waals surface area contributed by atoms with Crippen LogP contribution in [0.3, 0.4) is 0 Å². The number of rotatable bonds is 5. The monoisotopic (exact) mass is 330 g/mol. The maximum absolute atomic E-state index is 12.1. The molecule has 0 spiro atoms. The summed E-state index contributed by atoms with van der Waals surface area (Å²) >= 11 is 0. The van der Waals surface area contributed by atoms with E-state index in [1.54, 1.807) is 0 Å². The van der Waals surface area contributed by atoms with Crippen LogP contribution in [0.15, 0.2) is 18.2 Å². The number of carbonyl (C=O) groups excluding carboxylic acids is 2. The predicted octanol–water partition coefficient (Wildman–Crippen LogP) is 3.10. The van der Waals surface area contributed by atoms with Gasteiger partial charge in [-0.3, -0.25) is 9.59 Å². The maximum atomic E-state index is 12.1. The van der Waals surface area contributed by atoms with E-state index in [9.17, 15) is 9.59 Å². The molecule has 2 amide bonds. The minimum Gasteiger partial charge on any atom is -0.368 e. The summed E-state index contributed by atoms with van der Waals surface area (Å²) in [4.78, 5) is 23.5. The van der Waals surface area contributed by atoms with Gasteiger partial charge < -0.3 is 15.4 Å². The molecule has 3 rings (SSSR count). The molecule has 130 valence electrons. The molecule has 1 atom stereocenters. The van der Waals surface area contributed by atoms with Crippen molar-refractivity contribution in [3.8, 4) is 0 Å². The van der Waals surface area contributed by atoms with Gasteiger partial charge in [0.2, 0.25) is 11.8 Å². The fourth-order valence-corrected chi connectivity index (χ4v) is 3.46. The summed E-state index contributed by atoms with van der Waals surface area (Å²) in [6.07, 6.45) is 7.34. The number of carbonyl (C=O) groups is 2. The Kier molecular flexibility index (Phi) is 5.51. The summed E-state index contributed by atoms with van der Waals surface area (Å²) in [6.45, 7) is 2.11. The van der Waals surface area contributed by atoms with Crippen molar-refractivity contribution in [3.63, 3.8) is 0 Å². The Labute approximate surface area is 143 Å². The topological polar surface area (TPSA) is 67.4 Å². The van der Waals surface area contributed by atoms with Crippen molar-refractivity contribution in [2.75, 3.05) is 11.9 Å². The second-order valence-corrected chi connectivity index (χ2v) is 6.82. The molecule has 24 heavy (non-hydrogen) atoms. The van der Waals surface area contributed by atoms with E-state index in [0.717, 1.165) is 36.1 Å². The highest BCUT2D eigenvalue weighted by molar-refractivity contribution is 5.93. The molecule has 1 aliphatic carbocycles. The van der Waals surface area contributed by atoms with E-state index in [2.05, 4.69) is 16.7 Å². The summed E-state index contributed by atoms with van der Waals surface area (Å²) < 4.78 is 5.72. The SMILES string of the molecule is CC(NC(=O)COC1CCCCC1)c1ccc2c(c1)CCC(=O)N2. The Hall–Kier alpha value is -1.88. The first-order valence-corrected chi connectivity index (χ1v) is 8.95. The Morgan fingerprint density at radius 2 is 2.08 bits per heavy atom. The van der Waals surface area contributed by atoms with Crippen molar-refractivity contribution >= 4 is 17.5 Å². The third kappa shape index (κ3) is 4.35. The van der Waals surface area contributed by atoms with Crippen LogP contribution in [0.5, 0.6) is 0 Å². The van der Waals surface area contributed by atoms with Gasteiger partial charge in [-0.15, -0.1) is 0 Å². The van der Waals surface area contributed by atoms with E-state index in [-0.39, 0.29) is 30.6 Å². The second-order valence-electron chi connectivity index (χ2n) is 6.82. The molecule has 5 nitrogen and oxygen atoms in total. The smallest absolute Gasteiger partial charge is 0.246 e. The van der Waals surface area contributed by atoms with Crippen LogP contribution in [-0.4, -0.2) is 24.5 Å². The molecule has 0 aromatic heterocycles. The summed E-state index contributed by atoms with van der Waals surface area (Å²) in [6, 6.07) is 5.87. The Bertz CT molecular complexity index is 609.